The van der Waals surface area contributed by atoms with Gasteiger partial charge in [0.15, 0.2) is 0 Å². The molecule has 1 atom stereocenters. The summed E-state index contributed by atoms with van der Waals surface area (Å²) >= 11 is 0. The summed E-state index contributed by atoms with van der Waals surface area (Å²) in [4.78, 5) is 28.2. The number of amides is 2. The summed E-state index contributed by atoms with van der Waals surface area (Å²) in [6.45, 7) is 6.57. The minimum absolute atomic E-state index is 0.0825. The average Bonchev–Trinajstić information content (AvgIpc) is 3.18. The number of benzene rings is 4. The Labute approximate surface area is 216 Å². The van der Waals surface area contributed by atoms with E-state index >= 15 is 0 Å². The summed E-state index contributed by atoms with van der Waals surface area (Å²) in [6.07, 6.45) is -0.431. The van der Waals surface area contributed by atoms with Crippen molar-refractivity contribution in [2.24, 2.45) is 0 Å². The number of carbonyl (C=O) groups is 2. The van der Waals surface area contributed by atoms with Gasteiger partial charge in [-0.2, -0.15) is 0 Å². The Balaban J connectivity index is 1.42. The topological polar surface area (TPSA) is 70.7 Å². The first-order valence-electron chi connectivity index (χ1n) is 12.3. The first-order valence-corrected chi connectivity index (χ1v) is 12.3. The Bertz CT molecular complexity index is 1460. The van der Waals surface area contributed by atoms with Gasteiger partial charge in [0.1, 0.15) is 11.9 Å². The fourth-order valence-corrected chi connectivity index (χ4v) is 4.53. The number of nitrogens with one attached hydrogen (secondary N) is 2. The summed E-state index contributed by atoms with van der Waals surface area (Å²) < 4.78 is 5.57. The van der Waals surface area contributed by atoms with Crippen LogP contribution in [0.2, 0.25) is 0 Å². The molecule has 0 unspecified atom stereocenters. The van der Waals surface area contributed by atoms with Crippen LogP contribution in [-0.4, -0.2) is 18.4 Å². The molecule has 2 amide bonds. The Morgan fingerprint density at radius 3 is 2.41 bits per heavy atom. The molecule has 1 aliphatic rings. The average molecular weight is 492 g/mol. The minimum atomic E-state index is -0.431. The van der Waals surface area contributed by atoms with Gasteiger partial charge in [0.2, 0.25) is 0 Å². The van der Waals surface area contributed by atoms with E-state index in [-0.39, 0.29) is 11.8 Å². The van der Waals surface area contributed by atoms with Crippen LogP contribution < -0.4 is 20.3 Å². The van der Waals surface area contributed by atoms with Gasteiger partial charge in [0.25, 0.3) is 11.8 Å². The Hall–Kier alpha value is -4.58. The number of hydrogen-bond acceptors (Lipinski definition) is 4. The third-order valence-corrected chi connectivity index (χ3v) is 6.58. The monoisotopic (exact) mass is 491 g/mol. The van der Waals surface area contributed by atoms with Crippen molar-refractivity contribution in [3.05, 3.63) is 119 Å². The number of rotatable bonds is 7. The molecular formula is C31H29N3O3. The number of hydrogen-bond donors (Lipinski definition) is 2. The van der Waals surface area contributed by atoms with Crippen LogP contribution in [0.15, 0.2) is 91.0 Å². The van der Waals surface area contributed by atoms with Crippen molar-refractivity contribution in [3.63, 3.8) is 0 Å². The van der Waals surface area contributed by atoms with Crippen LogP contribution in [0.5, 0.6) is 5.75 Å². The smallest absolute Gasteiger partial charge is 0.260 e. The standard InChI is InChI=1S/C31H29N3O3/c1-4-37-26-16-14-25(15-17-26)34-29(27-10-5-6-11-28(27)31(34)36)32-23-9-7-8-22(19-23)30(35)33-24-13-12-20(2)21(3)18-24/h5-19,29,32H,4H2,1-3H3,(H,33,35)/t29-/m0/s1. The number of nitrogens with zero attached hydrogens (tertiary/aromatic N) is 1. The minimum Gasteiger partial charge on any atom is -0.494 e. The molecule has 0 fully saturated rings. The molecule has 37 heavy (non-hydrogen) atoms. The second-order valence-electron chi connectivity index (χ2n) is 9.07. The summed E-state index contributed by atoms with van der Waals surface area (Å²) in [5, 5.41) is 6.46. The molecule has 0 bridgehead atoms. The maximum absolute atomic E-state index is 13.4. The number of carbonyl (C=O) groups excluding carboxylic acids is 2. The molecule has 6 heteroatoms. The van der Waals surface area contributed by atoms with Crippen molar-refractivity contribution in [2.45, 2.75) is 26.9 Å². The number of fused-ring (bicyclic) bond motifs is 1. The molecule has 0 aliphatic carbocycles. The van der Waals surface area contributed by atoms with Crippen molar-refractivity contribution in [3.8, 4) is 5.75 Å². The molecule has 0 aromatic heterocycles. The van der Waals surface area contributed by atoms with E-state index in [2.05, 4.69) is 10.6 Å². The zero-order chi connectivity index (χ0) is 25.9. The van der Waals surface area contributed by atoms with E-state index in [1.54, 1.807) is 17.0 Å². The lowest BCUT2D eigenvalue weighted by atomic mass is 10.1. The van der Waals surface area contributed by atoms with Gasteiger partial charge in [-0.1, -0.05) is 30.3 Å². The lowest BCUT2D eigenvalue weighted by molar-refractivity contribution is 0.0990. The van der Waals surface area contributed by atoms with E-state index in [1.165, 1.54) is 5.56 Å². The van der Waals surface area contributed by atoms with Crippen LogP contribution in [0.4, 0.5) is 17.1 Å². The molecule has 0 saturated carbocycles. The molecule has 0 saturated heterocycles. The van der Waals surface area contributed by atoms with Gasteiger partial charge in [0.05, 0.1) is 6.61 Å². The van der Waals surface area contributed by atoms with Crippen LogP contribution in [0.3, 0.4) is 0 Å². The van der Waals surface area contributed by atoms with Crippen molar-refractivity contribution in [2.75, 3.05) is 22.1 Å². The molecule has 0 radical (unpaired) electrons. The fraction of sp³-hybridized carbons (Fsp3) is 0.161. The van der Waals surface area contributed by atoms with Gasteiger partial charge >= 0.3 is 0 Å². The summed E-state index contributed by atoms with van der Waals surface area (Å²) in [5.41, 5.74) is 6.59. The maximum Gasteiger partial charge on any atom is 0.260 e. The molecule has 0 spiro atoms. The third kappa shape index (κ3) is 4.91. The van der Waals surface area contributed by atoms with E-state index in [0.29, 0.717) is 17.7 Å². The molecule has 4 aromatic rings. The SMILES string of the molecule is CCOc1ccc(N2C(=O)c3ccccc3[C@H]2Nc2cccc(C(=O)Nc3ccc(C)c(C)c3)c2)cc1. The predicted molar refractivity (Wildman–Crippen MR) is 148 cm³/mol. The van der Waals surface area contributed by atoms with Crippen molar-refractivity contribution in [1.29, 1.82) is 0 Å². The molecule has 1 heterocycles. The summed E-state index contributed by atoms with van der Waals surface area (Å²) in [5.74, 6) is 0.474. The largest absolute Gasteiger partial charge is 0.494 e. The van der Waals surface area contributed by atoms with Crippen molar-refractivity contribution < 1.29 is 14.3 Å². The molecular weight excluding hydrogens is 462 g/mol. The second kappa shape index (κ2) is 10.2. The number of anilines is 3. The van der Waals surface area contributed by atoms with E-state index < -0.39 is 6.17 Å². The molecule has 186 valence electrons. The number of aryl methyl sites for hydroxylation is 2. The predicted octanol–water partition coefficient (Wildman–Crippen LogP) is 6.73. The first kappa shape index (κ1) is 24.1. The van der Waals surface area contributed by atoms with Crippen LogP contribution in [0, 0.1) is 13.8 Å². The highest BCUT2D eigenvalue weighted by Gasteiger charge is 2.37. The summed E-state index contributed by atoms with van der Waals surface area (Å²) in [6, 6.07) is 28.3. The van der Waals surface area contributed by atoms with E-state index in [0.717, 1.165) is 33.9 Å². The first-order chi connectivity index (χ1) is 17.9. The quantitative estimate of drug-likeness (QED) is 0.301. The van der Waals surface area contributed by atoms with Gasteiger partial charge in [-0.15, -0.1) is 0 Å². The van der Waals surface area contributed by atoms with Crippen LogP contribution in [0.25, 0.3) is 0 Å². The highest BCUT2D eigenvalue weighted by atomic mass is 16.5. The van der Waals surface area contributed by atoms with Crippen LogP contribution in [0.1, 0.15) is 50.5 Å². The maximum atomic E-state index is 13.4. The van der Waals surface area contributed by atoms with Gasteiger partial charge in [-0.05, 0) is 92.6 Å². The van der Waals surface area contributed by atoms with Crippen LogP contribution in [-0.2, 0) is 0 Å². The summed E-state index contributed by atoms with van der Waals surface area (Å²) in [7, 11) is 0. The van der Waals surface area contributed by atoms with E-state index in [4.69, 9.17) is 4.74 Å². The van der Waals surface area contributed by atoms with E-state index in [1.807, 2.05) is 99.6 Å². The van der Waals surface area contributed by atoms with Gasteiger partial charge in [-0.3, -0.25) is 14.5 Å². The second-order valence-corrected chi connectivity index (χ2v) is 9.07. The Morgan fingerprint density at radius 1 is 0.865 bits per heavy atom. The highest BCUT2D eigenvalue weighted by Crippen LogP contribution is 2.38. The lowest BCUT2D eigenvalue weighted by Crippen LogP contribution is -2.32. The van der Waals surface area contributed by atoms with Crippen molar-refractivity contribution >= 4 is 28.9 Å². The zero-order valence-corrected chi connectivity index (χ0v) is 21.1. The molecule has 5 rings (SSSR count). The van der Waals surface area contributed by atoms with E-state index in [9.17, 15) is 9.59 Å². The van der Waals surface area contributed by atoms with Gasteiger partial charge in [-0.25, -0.2) is 0 Å². The normalized spacial score (nSPS) is 14.3. The van der Waals surface area contributed by atoms with Gasteiger partial charge < -0.3 is 15.4 Å². The fourth-order valence-electron chi connectivity index (χ4n) is 4.53. The lowest BCUT2D eigenvalue weighted by Gasteiger charge is -2.27. The third-order valence-electron chi connectivity index (χ3n) is 6.58. The molecule has 4 aromatic carbocycles. The zero-order valence-electron chi connectivity index (χ0n) is 21.1. The number of ether oxygens (including phenoxy) is 1. The van der Waals surface area contributed by atoms with Gasteiger partial charge in [0, 0.05) is 33.8 Å². The molecule has 1 aliphatic heterocycles. The Morgan fingerprint density at radius 2 is 1.65 bits per heavy atom. The van der Waals surface area contributed by atoms with Crippen LogP contribution >= 0.6 is 0 Å². The Kier molecular flexibility index (Phi) is 6.64. The van der Waals surface area contributed by atoms with Crippen molar-refractivity contribution in [1.82, 2.24) is 0 Å². The highest BCUT2D eigenvalue weighted by molar-refractivity contribution is 6.11. The molecule has 2 N–H and O–H groups in total. The molecule has 6 nitrogen and oxygen atoms in total.